The number of H-pyrrole nitrogens is 2. The third-order valence-electron chi connectivity index (χ3n) is 5.95. The number of hydrogen-bond donors (Lipinski definition) is 3. The molecule has 0 radical (unpaired) electrons. The lowest BCUT2D eigenvalue weighted by atomic mass is 9.69. The Bertz CT molecular complexity index is 1570. The van der Waals surface area contributed by atoms with Crippen molar-refractivity contribution in [3.63, 3.8) is 0 Å². The fourth-order valence-electron chi connectivity index (χ4n) is 4.08. The van der Waals surface area contributed by atoms with Gasteiger partial charge in [0.25, 0.3) is 11.1 Å². The summed E-state index contributed by atoms with van der Waals surface area (Å²) in [5.74, 6) is 0.263. The number of anilines is 1. The highest BCUT2D eigenvalue weighted by atomic mass is 35.5. The quantitative estimate of drug-likeness (QED) is 0.371. The number of benzene rings is 2. The number of aromatic nitrogens is 5. The molecule has 1 aliphatic carbocycles. The van der Waals surface area contributed by atoms with E-state index in [2.05, 4.69) is 27.4 Å². The van der Waals surface area contributed by atoms with Crippen LogP contribution < -0.4 is 27.3 Å². The van der Waals surface area contributed by atoms with Crippen LogP contribution in [0.1, 0.15) is 35.8 Å². The van der Waals surface area contributed by atoms with E-state index >= 15 is 0 Å². The first-order chi connectivity index (χ1) is 16.8. The fourth-order valence-corrected chi connectivity index (χ4v) is 4.64. The van der Waals surface area contributed by atoms with E-state index in [4.69, 9.17) is 33.7 Å². The van der Waals surface area contributed by atoms with Crippen LogP contribution in [0, 0.1) is 0 Å². The summed E-state index contributed by atoms with van der Waals surface area (Å²) in [7, 11) is 0. The molecule has 0 spiro atoms. The molecule has 4 N–H and O–H groups in total. The first-order valence-electron chi connectivity index (χ1n) is 10.6. The number of ether oxygens (including phenoxy) is 1. The van der Waals surface area contributed by atoms with Crippen molar-refractivity contribution in [1.29, 1.82) is 0 Å². The largest absolute Gasteiger partial charge is 0.434 e. The van der Waals surface area contributed by atoms with Crippen molar-refractivity contribution in [1.82, 2.24) is 25.0 Å². The Balaban J connectivity index is 1.39. The number of nitrogens with two attached hydrogens (primary N) is 1. The minimum atomic E-state index is -0.814. The maximum Gasteiger partial charge on any atom is 0.349 e. The van der Waals surface area contributed by atoms with Gasteiger partial charge in [-0.1, -0.05) is 53.5 Å². The SMILES string of the molecule is Nc1nn(-c2cc(Cl)c(Oc3cc(C4CC(c5ccccc5)C4)c(=O)[nH]n3)c(Cl)c2)c(=O)[nH]c1=O. The third kappa shape index (κ3) is 4.45. The van der Waals surface area contributed by atoms with Crippen LogP contribution in [0.4, 0.5) is 5.82 Å². The zero-order valence-corrected chi connectivity index (χ0v) is 19.5. The van der Waals surface area contributed by atoms with Crippen LogP contribution in [0.2, 0.25) is 10.0 Å². The predicted octanol–water partition coefficient (Wildman–Crippen LogP) is 3.35. The van der Waals surface area contributed by atoms with E-state index < -0.39 is 17.1 Å². The van der Waals surface area contributed by atoms with E-state index in [1.807, 2.05) is 23.2 Å². The summed E-state index contributed by atoms with van der Waals surface area (Å²) in [5, 5.41) is 10.3. The zero-order chi connectivity index (χ0) is 24.7. The molecule has 5 rings (SSSR count). The molecule has 1 saturated carbocycles. The molecular formula is C23H18Cl2N6O4. The van der Waals surface area contributed by atoms with Crippen molar-refractivity contribution in [3.05, 3.63) is 101 Å². The Hall–Kier alpha value is -3.89. The number of hydrogen-bond acceptors (Lipinski definition) is 7. The number of aromatic amines is 2. The van der Waals surface area contributed by atoms with Crippen LogP contribution in [0.5, 0.6) is 11.6 Å². The molecule has 2 aromatic heterocycles. The average Bonchev–Trinajstić information content (AvgIpc) is 2.80. The Kier molecular flexibility index (Phi) is 5.91. The average molecular weight is 513 g/mol. The third-order valence-corrected chi connectivity index (χ3v) is 6.51. The second-order valence-corrected chi connectivity index (χ2v) is 8.98. The first kappa shape index (κ1) is 22.9. The molecular weight excluding hydrogens is 495 g/mol. The van der Waals surface area contributed by atoms with E-state index in [-0.39, 0.29) is 38.8 Å². The van der Waals surface area contributed by atoms with E-state index in [9.17, 15) is 14.4 Å². The maximum atomic E-state index is 12.4. The van der Waals surface area contributed by atoms with Gasteiger partial charge in [0.1, 0.15) is 0 Å². The van der Waals surface area contributed by atoms with Gasteiger partial charge in [0.05, 0.1) is 15.7 Å². The second kappa shape index (κ2) is 9.05. The molecule has 0 amide bonds. The summed E-state index contributed by atoms with van der Waals surface area (Å²) in [4.78, 5) is 38.0. The minimum Gasteiger partial charge on any atom is -0.434 e. The van der Waals surface area contributed by atoms with Gasteiger partial charge in [0, 0.05) is 11.6 Å². The Labute approximate surface area is 207 Å². The highest BCUT2D eigenvalue weighted by Gasteiger charge is 2.33. The molecule has 0 aliphatic heterocycles. The van der Waals surface area contributed by atoms with Crippen molar-refractivity contribution >= 4 is 29.0 Å². The van der Waals surface area contributed by atoms with E-state index in [1.54, 1.807) is 6.07 Å². The van der Waals surface area contributed by atoms with Gasteiger partial charge in [-0.15, -0.1) is 10.2 Å². The van der Waals surface area contributed by atoms with Gasteiger partial charge >= 0.3 is 5.69 Å². The Morgan fingerprint density at radius 1 is 0.971 bits per heavy atom. The lowest BCUT2D eigenvalue weighted by Crippen LogP contribution is -2.33. The second-order valence-electron chi connectivity index (χ2n) is 8.16. The number of nitrogen functional groups attached to an aromatic ring is 1. The summed E-state index contributed by atoms with van der Waals surface area (Å²) in [6, 6.07) is 14.5. The van der Waals surface area contributed by atoms with Gasteiger partial charge in [0.15, 0.2) is 5.75 Å². The molecule has 0 saturated heterocycles. The molecule has 0 unspecified atom stereocenters. The molecule has 4 aromatic rings. The molecule has 2 aromatic carbocycles. The van der Waals surface area contributed by atoms with Crippen molar-refractivity contribution < 1.29 is 4.74 Å². The van der Waals surface area contributed by atoms with Crippen LogP contribution in [0.15, 0.2) is 62.9 Å². The van der Waals surface area contributed by atoms with Crippen LogP contribution >= 0.6 is 23.2 Å². The molecule has 2 heterocycles. The molecule has 10 nitrogen and oxygen atoms in total. The topological polar surface area (TPSA) is 149 Å². The lowest BCUT2D eigenvalue weighted by Gasteiger charge is -2.35. The number of nitrogens with zero attached hydrogens (tertiary/aromatic N) is 3. The van der Waals surface area contributed by atoms with Crippen LogP contribution in [-0.2, 0) is 0 Å². The molecule has 0 atom stereocenters. The highest BCUT2D eigenvalue weighted by Crippen LogP contribution is 2.47. The number of rotatable bonds is 5. The van der Waals surface area contributed by atoms with Crippen molar-refractivity contribution in [3.8, 4) is 17.3 Å². The maximum absolute atomic E-state index is 12.4. The van der Waals surface area contributed by atoms with E-state index in [0.29, 0.717) is 11.5 Å². The lowest BCUT2D eigenvalue weighted by molar-refractivity contribution is 0.346. The van der Waals surface area contributed by atoms with E-state index in [1.165, 1.54) is 17.7 Å². The van der Waals surface area contributed by atoms with Crippen molar-refractivity contribution in [2.24, 2.45) is 0 Å². The van der Waals surface area contributed by atoms with Gasteiger partial charge in [0.2, 0.25) is 11.7 Å². The Morgan fingerprint density at radius 3 is 2.34 bits per heavy atom. The van der Waals surface area contributed by atoms with Crippen LogP contribution in [-0.4, -0.2) is 25.0 Å². The van der Waals surface area contributed by atoms with Crippen molar-refractivity contribution in [2.45, 2.75) is 24.7 Å². The monoisotopic (exact) mass is 512 g/mol. The van der Waals surface area contributed by atoms with Crippen molar-refractivity contribution in [2.75, 3.05) is 5.73 Å². The fraction of sp³-hybridized carbons (Fsp3) is 0.174. The molecule has 12 heteroatoms. The molecule has 1 aliphatic rings. The summed E-state index contributed by atoms with van der Waals surface area (Å²) < 4.78 is 6.65. The van der Waals surface area contributed by atoms with Crippen LogP contribution in [0.25, 0.3) is 5.69 Å². The molecule has 178 valence electrons. The number of nitrogens with one attached hydrogen (secondary N) is 2. The molecule has 0 bridgehead atoms. The smallest absolute Gasteiger partial charge is 0.349 e. The standard InChI is InChI=1S/C23H18Cl2N6O4/c24-16-8-14(31-23(34)27-22(33)20(26)30-31)9-17(25)19(16)35-18-10-15(21(32)29-28-18)13-6-12(7-13)11-4-2-1-3-5-11/h1-5,8-10,12-13H,6-7H2,(H2,26,30)(H,29,32)(H,27,33,34). The summed E-state index contributed by atoms with van der Waals surface area (Å²) in [6.07, 6.45) is 1.69. The Morgan fingerprint density at radius 2 is 1.66 bits per heavy atom. The van der Waals surface area contributed by atoms with E-state index in [0.717, 1.165) is 17.5 Å². The van der Waals surface area contributed by atoms with Gasteiger partial charge in [-0.2, -0.15) is 4.68 Å². The normalized spacial score (nSPS) is 17.1. The zero-order valence-electron chi connectivity index (χ0n) is 18.0. The van der Waals surface area contributed by atoms with Gasteiger partial charge in [-0.05, 0) is 42.4 Å². The summed E-state index contributed by atoms with van der Waals surface area (Å²) in [5.41, 5.74) is 5.60. The minimum absolute atomic E-state index is 0.0494. The molecule has 1 fully saturated rings. The predicted molar refractivity (Wildman–Crippen MR) is 131 cm³/mol. The molecule has 35 heavy (non-hydrogen) atoms. The number of halogens is 2. The van der Waals surface area contributed by atoms with Gasteiger partial charge in [-0.25, -0.2) is 9.89 Å². The summed E-state index contributed by atoms with van der Waals surface area (Å²) in [6.45, 7) is 0. The highest BCUT2D eigenvalue weighted by molar-refractivity contribution is 6.37. The van der Waals surface area contributed by atoms with Gasteiger partial charge < -0.3 is 10.5 Å². The summed E-state index contributed by atoms with van der Waals surface area (Å²) >= 11 is 12.7. The van der Waals surface area contributed by atoms with Gasteiger partial charge in [-0.3, -0.25) is 14.6 Å². The van der Waals surface area contributed by atoms with Crippen LogP contribution in [0.3, 0.4) is 0 Å². The first-order valence-corrected chi connectivity index (χ1v) is 11.4.